The smallest absolute Gasteiger partial charge is 0.345 e. The molecular formula is C24H26O13. The van der Waals surface area contributed by atoms with Crippen molar-refractivity contribution in [1.82, 2.24) is 0 Å². The fourth-order valence-electron chi connectivity index (χ4n) is 3.45. The lowest BCUT2D eigenvalue weighted by Gasteiger charge is -2.39. The fourth-order valence-corrected chi connectivity index (χ4v) is 3.45. The van der Waals surface area contributed by atoms with E-state index in [2.05, 4.69) is 0 Å². The molecule has 1 fully saturated rings. The summed E-state index contributed by atoms with van der Waals surface area (Å²) in [4.78, 5) is 23.7. The van der Waals surface area contributed by atoms with Gasteiger partial charge in [0.15, 0.2) is 23.0 Å². The zero-order valence-electron chi connectivity index (χ0n) is 19.1. The van der Waals surface area contributed by atoms with Crippen LogP contribution in [0.15, 0.2) is 42.5 Å². The average molecular weight is 522 g/mol. The van der Waals surface area contributed by atoms with Gasteiger partial charge in [0.25, 0.3) is 0 Å². The number of aromatic hydroxyl groups is 3. The zero-order chi connectivity index (χ0) is 27.3. The molecule has 0 saturated carbocycles. The van der Waals surface area contributed by atoms with Crippen LogP contribution in [0.3, 0.4) is 0 Å². The molecule has 1 aliphatic rings. The molecule has 13 nitrogen and oxygen atoms in total. The summed E-state index contributed by atoms with van der Waals surface area (Å²) in [5.74, 6) is -3.91. The second kappa shape index (κ2) is 11.9. The molecule has 0 radical (unpaired) electrons. The highest BCUT2D eigenvalue weighted by atomic mass is 16.7. The summed E-state index contributed by atoms with van der Waals surface area (Å²) >= 11 is 0. The number of phenols is 3. The monoisotopic (exact) mass is 522 g/mol. The van der Waals surface area contributed by atoms with Crippen LogP contribution in [0.25, 0.3) is 6.08 Å². The zero-order valence-corrected chi connectivity index (χ0v) is 19.1. The minimum absolute atomic E-state index is 0.226. The average Bonchev–Trinajstić information content (AvgIpc) is 2.86. The number of benzene rings is 2. The van der Waals surface area contributed by atoms with Crippen molar-refractivity contribution in [2.45, 2.75) is 43.2 Å². The molecule has 0 aliphatic carbocycles. The predicted molar refractivity (Wildman–Crippen MR) is 123 cm³/mol. The Kier molecular flexibility index (Phi) is 8.91. The van der Waals surface area contributed by atoms with E-state index in [4.69, 9.17) is 14.2 Å². The van der Waals surface area contributed by atoms with E-state index in [1.54, 1.807) is 0 Å². The van der Waals surface area contributed by atoms with Gasteiger partial charge in [0.05, 0.1) is 6.61 Å². The second-order valence-electron chi connectivity index (χ2n) is 8.17. The number of phenolic OH excluding ortho intramolecular Hbond substituents is 3. The molecule has 8 N–H and O–H groups in total. The van der Waals surface area contributed by atoms with Crippen molar-refractivity contribution in [3.63, 3.8) is 0 Å². The van der Waals surface area contributed by atoms with Crippen LogP contribution in [-0.4, -0.2) is 96.2 Å². The standard InChI is InChI=1S/C24H26O13/c25-10-18-20(30)21(31)22(32)24(37-18)36-16-8-11(1-5-14(16)27)3-6-19(29)35-17(23(33)34)9-12-2-4-13(26)15(28)7-12/h1-8,17-18,20-22,24-28,30-32H,9-10H2,(H,33,34)/b6-3+/t17-,18-,20-,21+,22-,24-/m1/s1. The van der Waals surface area contributed by atoms with Crippen molar-refractivity contribution < 1.29 is 64.7 Å². The normalized spacial score (nSPS) is 24.5. The maximum absolute atomic E-state index is 12.2. The Balaban J connectivity index is 1.68. The molecule has 13 heteroatoms. The SMILES string of the molecule is O=C(/C=C/c1ccc(O)c(O[C@@H]2O[C@H](CO)[C@@H](O)[C@H](O)[C@H]2O)c1)O[C@H](Cc1ccc(O)c(O)c1)C(=O)O. The molecule has 0 unspecified atom stereocenters. The van der Waals surface area contributed by atoms with Crippen LogP contribution in [0, 0.1) is 0 Å². The Labute approximate surface area is 209 Å². The Morgan fingerprint density at radius 1 is 0.946 bits per heavy atom. The lowest BCUT2D eigenvalue weighted by molar-refractivity contribution is -0.277. The van der Waals surface area contributed by atoms with Crippen molar-refractivity contribution in [2.75, 3.05) is 6.61 Å². The maximum atomic E-state index is 12.2. The molecule has 0 amide bonds. The van der Waals surface area contributed by atoms with Crippen LogP contribution < -0.4 is 4.74 Å². The minimum atomic E-state index is -1.71. The largest absolute Gasteiger partial charge is 0.504 e. The van der Waals surface area contributed by atoms with E-state index in [1.807, 2.05) is 0 Å². The number of esters is 1. The number of carboxylic acid groups (broad SMARTS) is 1. The summed E-state index contributed by atoms with van der Waals surface area (Å²) in [6.45, 7) is -0.674. The summed E-state index contributed by atoms with van der Waals surface area (Å²) < 4.78 is 15.6. The van der Waals surface area contributed by atoms with Gasteiger partial charge in [-0.05, 0) is 41.5 Å². The van der Waals surface area contributed by atoms with Gasteiger partial charge in [-0.1, -0.05) is 12.1 Å². The van der Waals surface area contributed by atoms with Crippen LogP contribution in [0.2, 0.25) is 0 Å². The van der Waals surface area contributed by atoms with Gasteiger partial charge < -0.3 is 55.1 Å². The van der Waals surface area contributed by atoms with Crippen molar-refractivity contribution >= 4 is 18.0 Å². The number of hydrogen-bond donors (Lipinski definition) is 8. The van der Waals surface area contributed by atoms with Crippen molar-refractivity contribution in [3.05, 3.63) is 53.6 Å². The van der Waals surface area contributed by atoms with Gasteiger partial charge >= 0.3 is 11.9 Å². The molecule has 6 atom stereocenters. The highest BCUT2D eigenvalue weighted by molar-refractivity contribution is 5.89. The van der Waals surface area contributed by atoms with E-state index in [0.717, 1.165) is 12.1 Å². The van der Waals surface area contributed by atoms with Crippen LogP contribution in [0.1, 0.15) is 11.1 Å². The van der Waals surface area contributed by atoms with Gasteiger partial charge in [0, 0.05) is 12.5 Å². The van der Waals surface area contributed by atoms with Crippen LogP contribution in [0.4, 0.5) is 0 Å². The van der Waals surface area contributed by atoms with Crippen LogP contribution in [0.5, 0.6) is 23.0 Å². The Morgan fingerprint density at radius 2 is 1.65 bits per heavy atom. The van der Waals surface area contributed by atoms with Gasteiger partial charge in [0.1, 0.15) is 24.4 Å². The third-order valence-corrected chi connectivity index (χ3v) is 5.48. The van der Waals surface area contributed by atoms with E-state index < -0.39 is 61.1 Å². The maximum Gasteiger partial charge on any atom is 0.345 e. The number of aliphatic carboxylic acids is 1. The lowest BCUT2D eigenvalue weighted by atomic mass is 9.99. The molecule has 2 aromatic carbocycles. The molecule has 0 aromatic heterocycles. The van der Waals surface area contributed by atoms with E-state index in [0.29, 0.717) is 5.56 Å². The van der Waals surface area contributed by atoms with Gasteiger partial charge in [-0.3, -0.25) is 0 Å². The quantitative estimate of drug-likeness (QED) is 0.115. The summed E-state index contributed by atoms with van der Waals surface area (Å²) in [6, 6.07) is 7.49. The first-order valence-electron chi connectivity index (χ1n) is 10.9. The molecule has 2 aromatic rings. The number of carbonyl (C=O) groups is 2. The van der Waals surface area contributed by atoms with Crippen LogP contribution >= 0.6 is 0 Å². The van der Waals surface area contributed by atoms with Crippen LogP contribution in [-0.2, 0) is 25.5 Å². The van der Waals surface area contributed by atoms with Gasteiger partial charge in [-0.15, -0.1) is 0 Å². The Hall–Kier alpha value is -3.88. The number of carbonyl (C=O) groups excluding carboxylic acids is 1. The number of rotatable bonds is 9. The first kappa shape index (κ1) is 27.7. The van der Waals surface area contributed by atoms with Gasteiger partial charge in [-0.25, -0.2) is 9.59 Å². The Bertz CT molecular complexity index is 1150. The molecule has 1 aliphatic heterocycles. The summed E-state index contributed by atoms with van der Waals surface area (Å²) in [5.41, 5.74) is 0.581. The number of carboxylic acids is 1. The number of hydrogen-bond acceptors (Lipinski definition) is 12. The van der Waals surface area contributed by atoms with Crippen molar-refractivity contribution in [3.8, 4) is 23.0 Å². The molecule has 0 spiro atoms. The third-order valence-electron chi connectivity index (χ3n) is 5.48. The summed E-state index contributed by atoms with van der Waals surface area (Å²) in [5, 5.41) is 77.5. The summed E-state index contributed by atoms with van der Waals surface area (Å²) in [6.07, 6.45) is -7.49. The topological polar surface area (TPSA) is 224 Å². The second-order valence-corrected chi connectivity index (χ2v) is 8.17. The van der Waals surface area contributed by atoms with E-state index in [1.165, 1.54) is 36.4 Å². The van der Waals surface area contributed by atoms with E-state index >= 15 is 0 Å². The number of aliphatic hydroxyl groups excluding tert-OH is 4. The predicted octanol–water partition coefficient (Wildman–Crippen LogP) is -0.766. The number of aliphatic hydroxyl groups is 4. The van der Waals surface area contributed by atoms with Gasteiger partial charge in [-0.2, -0.15) is 0 Å². The first-order chi connectivity index (χ1) is 17.5. The molecule has 1 heterocycles. The molecule has 3 rings (SSSR count). The highest BCUT2D eigenvalue weighted by Gasteiger charge is 2.44. The van der Waals surface area contributed by atoms with Crippen molar-refractivity contribution in [2.24, 2.45) is 0 Å². The molecule has 1 saturated heterocycles. The third kappa shape index (κ3) is 6.87. The highest BCUT2D eigenvalue weighted by Crippen LogP contribution is 2.31. The molecule has 37 heavy (non-hydrogen) atoms. The van der Waals surface area contributed by atoms with E-state index in [9.17, 15) is 50.4 Å². The lowest BCUT2D eigenvalue weighted by Crippen LogP contribution is -2.60. The molecular weight excluding hydrogens is 496 g/mol. The summed E-state index contributed by atoms with van der Waals surface area (Å²) in [7, 11) is 0. The molecule has 0 bridgehead atoms. The minimum Gasteiger partial charge on any atom is -0.504 e. The van der Waals surface area contributed by atoms with Gasteiger partial charge in [0.2, 0.25) is 12.4 Å². The number of ether oxygens (including phenoxy) is 3. The van der Waals surface area contributed by atoms with Crippen molar-refractivity contribution in [1.29, 1.82) is 0 Å². The van der Waals surface area contributed by atoms with E-state index in [-0.39, 0.29) is 29.2 Å². The Morgan fingerprint density at radius 3 is 2.30 bits per heavy atom. The molecule has 200 valence electrons. The first-order valence-corrected chi connectivity index (χ1v) is 10.9. The fraction of sp³-hybridized carbons (Fsp3) is 0.333.